The van der Waals surface area contributed by atoms with E-state index in [1.54, 1.807) is 24.3 Å². The molecule has 0 unspecified atom stereocenters. The highest BCUT2D eigenvalue weighted by molar-refractivity contribution is 7.92. The van der Waals surface area contributed by atoms with E-state index in [9.17, 15) is 13.2 Å². The first kappa shape index (κ1) is 15.5. The molecule has 0 aromatic heterocycles. The summed E-state index contributed by atoms with van der Waals surface area (Å²) in [5.41, 5.74) is 1.08. The van der Waals surface area contributed by atoms with Gasteiger partial charge in [0, 0.05) is 17.4 Å². The monoisotopic (exact) mass is 285 g/mol. The summed E-state index contributed by atoms with van der Waals surface area (Å²) in [5.74, 6) is -0.141. The Labute approximate surface area is 113 Å². The topological polar surface area (TPSA) is 87.3 Å². The zero-order valence-corrected chi connectivity index (χ0v) is 12.0. The van der Waals surface area contributed by atoms with Crippen molar-refractivity contribution in [2.24, 2.45) is 0 Å². The summed E-state index contributed by atoms with van der Waals surface area (Å²) in [6, 6.07) is 6.70. The first-order chi connectivity index (χ1) is 8.76. The molecular weight excluding hydrogens is 266 g/mol. The number of carbonyl (C=O) groups is 1. The summed E-state index contributed by atoms with van der Waals surface area (Å²) in [4.78, 5) is 11.5. The average Bonchev–Trinajstić information content (AvgIpc) is 2.27. The molecule has 0 aliphatic heterocycles. The van der Waals surface area contributed by atoms with Crippen LogP contribution in [0.1, 0.15) is 13.8 Å². The summed E-state index contributed by atoms with van der Waals surface area (Å²) in [5, 5.41) is 5.71. The molecule has 1 amide bonds. The smallest absolute Gasteiger partial charge is 0.238 e. The molecule has 1 aromatic carbocycles. The van der Waals surface area contributed by atoms with E-state index >= 15 is 0 Å². The zero-order chi connectivity index (χ0) is 14.5. The lowest BCUT2D eigenvalue weighted by Crippen LogP contribution is -2.32. The van der Waals surface area contributed by atoms with Gasteiger partial charge in [0.1, 0.15) is 0 Å². The first-order valence-electron chi connectivity index (χ1n) is 5.87. The number of sulfonamides is 1. The van der Waals surface area contributed by atoms with Crippen molar-refractivity contribution >= 4 is 27.3 Å². The lowest BCUT2D eigenvalue weighted by molar-refractivity contribution is -0.115. The molecule has 106 valence electrons. The van der Waals surface area contributed by atoms with Crippen molar-refractivity contribution in [3.63, 3.8) is 0 Å². The van der Waals surface area contributed by atoms with Gasteiger partial charge in [-0.1, -0.05) is 13.8 Å². The molecule has 0 saturated carbocycles. The summed E-state index contributed by atoms with van der Waals surface area (Å²) < 4.78 is 24.4. The Balaban J connectivity index is 2.55. The summed E-state index contributed by atoms with van der Waals surface area (Å²) in [6.07, 6.45) is 1.08. The average molecular weight is 285 g/mol. The van der Waals surface area contributed by atoms with E-state index in [2.05, 4.69) is 15.4 Å². The fourth-order valence-electron chi connectivity index (χ4n) is 1.34. The highest BCUT2D eigenvalue weighted by Crippen LogP contribution is 2.14. The van der Waals surface area contributed by atoms with Gasteiger partial charge in [0.05, 0.1) is 12.8 Å². The van der Waals surface area contributed by atoms with Crippen LogP contribution in [0.5, 0.6) is 0 Å². The van der Waals surface area contributed by atoms with Crippen LogP contribution in [0.2, 0.25) is 0 Å². The van der Waals surface area contributed by atoms with Crippen molar-refractivity contribution in [3.05, 3.63) is 24.3 Å². The Morgan fingerprint density at radius 3 is 2.16 bits per heavy atom. The van der Waals surface area contributed by atoms with E-state index in [1.165, 1.54) is 0 Å². The normalized spacial score (nSPS) is 11.4. The Kier molecular flexibility index (Phi) is 5.31. The van der Waals surface area contributed by atoms with Crippen molar-refractivity contribution in [3.8, 4) is 0 Å². The molecule has 7 heteroatoms. The van der Waals surface area contributed by atoms with Gasteiger partial charge in [0.25, 0.3) is 0 Å². The van der Waals surface area contributed by atoms with Crippen LogP contribution in [-0.4, -0.2) is 33.2 Å². The van der Waals surface area contributed by atoms with Gasteiger partial charge in [0.2, 0.25) is 15.9 Å². The summed E-state index contributed by atoms with van der Waals surface area (Å²) in [6.45, 7) is 4.15. The molecule has 0 heterocycles. The Morgan fingerprint density at radius 2 is 1.68 bits per heavy atom. The van der Waals surface area contributed by atoms with Gasteiger partial charge < -0.3 is 10.6 Å². The summed E-state index contributed by atoms with van der Waals surface area (Å²) >= 11 is 0. The fourth-order valence-corrected chi connectivity index (χ4v) is 1.90. The van der Waals surface area contributed by atoms with Crippen LogP contribution in [0, 0.1) is 0 Å². The van der Waals surface area contributed by atoms with Crippen molar-refractivity contribution in [1.82, 2.24) is 5.32 Å². The van der Waals surface area contributed by atoms with E-state index in [4.69, 9.17) is 0 Å². The molecule has 0 aliphatic rings. The quantitative estimate of drug-likeness (QED) is 0.727. The molecule has 0 fully saturated rings. The van der Waals surface area contributed by atoms with Crippen LogP contribution in [0.3, 0.4) is 0 Å². The molecule has 19 heavy (non-hydrogen) atoms. The molecule has 0 bridgehead atoms. The molecule has 0 radical (unpaired) electrons. The van der Waals surface area contributed by atoms with Gasteiger partial charge >= 0.3 is 0 Å². The highest BCUT2D eigenvalue weighted by atomic mass is 32.2. The third kappa shape index (κ3) is 6.78. The van der Waals surface area contributed by atoms with E-state index in [-0.39, 0.29) is 18.5 Å². The van der Waals surface area contributed by atoms with E-state index in [0.717, 1.165) is 6.26 Å². The standard InChI is InChI=1S/C12H19N3O3S/c1-9(2)13-8-12(16)14-10-4-6-11(7-5-10)15-19(3,17)18/h4-7,9,13,15H,8H2,1-3H3,(H,14,16). The molecule has 0 saturated heterocycles. The first-order valence-corrected chi connectivity index (χ1v) is 7.76. The number of benzene rings is 1. The number of hydrogen-bond donors (Lipinski definition) is 3. The molecule has 0 atom stereocenters. The Hall–Kier alpha value is -1.60. The van der Waals surface area contributed by atoms with Crippen molar-refractivity contribution < 1.29 is 13.2 Å². The SMILES string of the molecule is CC(C)NCC(=O)Nc1ccc(NS(C)(=O)=O)cc1. The second-order valence-corrected chi connectivity index (χ2v) is 6.28. The van der Waals surface area contributed by atoms with Crippen LogP contribution in [0.4, 0.5) is 11.4 Å². The maximum absolute atomic E-state index is 11.5. The van der Waals surface area contributed by atoms with Crippen molar-refractivity contribution in [1.29, 1.82) is 0 Å². The zero-order valence-electron chi connectivity index (χ0n) is 11.2. The second kappa shape index (κ2) is 6.53. The van der Waals surface area contributed by atoms with Crippen LogP contribution < -0.4 is 15.4 Å². The van der Waals surface area contributed by atoms with Crippen LogP contribution in [0.25, 0.3) is 0 Å². The maximum Gasteiger partial charge on any atom is 0.238 e. The predicted octanol–water partition coefficient (Wildman–Crippen LogP) is 0.995. The molecule has 6 nitrogen and oxygen atoms in total. The minimum atomic E-state index is -3.28. The number of hydrogen-bond acceptors (Lipinski definition) is 4. The van der Waals surface area contributed by atoms with Crippen LogP contribution in [-0.2, 0) is 14.8 Å². The van der Waals surface area contributed by atoms with Gasteiger partial charge in [-0.3, -0.25) is 9.52 Å². The van der Waals surface area contributed by atoms with E-state index in [1.807, 2.05) is 13.8 Å². The minimum Gasteiger partial charge on any atom is -0.325 e. The summed E-state index contributed by atoms with van der Waals surface area (Å²) in [7, 11) is -3.28. The molecule has 0 spiro atoms. The highest BCUT2D eigenvalue weighted by Gasteiger charge is 2.04. The predicted molar refractivity (Wildman–Crippen MR) is 76.7 cm³/mol. The van der Waals surface area contributed by atoms with Crippen LogP contribution >= 0.6 is 0 Å². The van der Waals surface area contributed by atoms with Gasteiger partial charge in [-0.2, -0.15) is 0 Å². The third-order valence-corrected chi connectivity index (χ3v) is 2.75. The maximum atomic E-state index is 11.5. The Bertz CT molecular complexity index is 524. The largest absolute Gasteiger partial charge is 0.325 e. The molecule has 1 rings (SSSR count). The molecular formula is C12H19N3O3S. The minimum absolute atomic E-state index is 0.141. The number of anilines is 2. The number of rotatable bonds is 6. The van der Waals surface area contributed by atoms with E-state index < -0.39 is 10.0 Å². The van der Waals surface area contributed by atoms with Gasteiger partial charge in [-0.25, -0.2) is 8.42 Å². The second-order valence-electron chi connectivity index (χ2n) is 4.54. The van der Waals surface area contributed by atoms with Gasteiger partial charge in [-0.15, -0.1) is 0 Å². The van der Waals surface area contributed by atoms with Crippen LogP contribution in [0.15, 0.2) is 24.3 Å². The number of amides is 1. The fraction of sp³-hybridized carbons (Fsp3) is 0.417. The molecule has 1 aromatic rings. The van der Waals surface area contributed by atoms with Crippen molar-refractivity contribution in [2.75, 3.05) is 22.8 Å². The number of carbonyl (C=O) groups excluding carboxylic acids is 1. The molecule has 0 aliphatic carbocycles. The lowest BCUT2D eigenvalue weighted by atomic mass is 10.3. The van der Waals surface area contributed by atoms with Gasteiger partial charge in [0.15, 0.2) is 0 Å². The van der Waals surface area contributed by atoms with E-state index in [0.29, 0.717) is 11.4 Å². The van der Waals surface area contributed by atoms with Gasteiger partial charge in [-0.05, 0) is 24.3 Å². The Morgan fingerprint density at radius 1 is 1.16 bits per heavy atom. The molecule has 3 N–H and O–H groups in total. The lowest BCUT2D eigenvalue weighted by Gasteiger charge is -2.09. The number of nitrogens with one attached hydrogen (secondary N) is 3. The third-order valence-electron chi connectivity index (χ3n) is 2.14. The van der Waals surface area contributed by atoms with Crippen molar-refractivity contribution in [2.45, 2.75) is 19.9 Å².